The fraction of sp³-hybridized carbons (Fsp3) is 0.800. The predicted molar refractivity (Wildman–Crippen MR) is 125 cm³/mol. The van der Waals surface area contributed by atoms with Crippen LogP contribution in [0.4, 0.5) is 9.59 Å². The van der Waals surface area contributed by atoms with Crippen molar-refractivity contribution in [1.29, 1.82) is 0 Å². The number of primary amides is 2. The molecule has 0 fully saturated rings. The molecule has 0 aromatic carbocycles. The summed E-state index contributed by atoms with van der Waals surface area (Å²) in [7, 11) is 0. The molecule has 13 nitrogen and oxygen atoms in total. The zero-order valence-corrected chi connectivity index (χ0v) is 19.8. The van der Waals surface area contributed by atoms with Gasteiger partial charge in [-0.3, -0.25) is 14.5 Å². The average molecular weight is 478 g/mol. The molecule has 1 unspecified atom stereocenters. The molecule has 0 radical (unpaired) electrons. The van der Waals surface area contributed by atoms with E-state index >= 15 is 0 Å². The highest BCUT2D eigenvalue weighted by molar-refractivity contribution is 5.82. The summed E-state index contributed by atoms with van der Waals surface area (Å²) >= 11 is 0. The summed E-state index contributed by atoms with van der Waals surface area (Å²) in [5, 5.41) is 2.77. The first kappa shape index (κ1) is 32.5. The molecular weight excluding hydrogens is 434 g/mol. The lowest BCUT2D eigenvalue weighted by Crippen LogP contribution is -2.46. The lowest BCUT2D eigenvalue weighted by Gasteiger charge is -2.24. The molecule has 0 aromatic rings. The highest BCUT2D eigenvalue weighted by Crippen LogP contribution is 2.04. The fourth-order valence-electron chi connectivity index (χ4n) is 2.46. The van der Waals surface area contributed by atoms with Crippen molar-refractivity contribution in [3.8, 4) is 0 Å². The van der Waals surface area contributed by atoms with Gasteiger partial charge in [-0.15, -0.1) is 0 Å². The number of carbonyl (C=O) groups excluding carboxylic acids is 4. The van der Waals surface area contributed by atoms with E-state index < -0.39 is 18.2 Å². The summed E-state index contributed by atoms with van der Waals surface area (Å²) in [5.41, 5.74) is 25.9. The SMILES string of the molecule is CCC(N)=O.NCCCCCN(CC(=O)NC(CCCCN)COC(N)=O)C(=O)OCCN. The van der Waals surface area contributed by atoms with Crippen molar-refractivity contribution in [2.75, 3.05) is 45.9 Å². The normalized spacial score (nSPS) is 10.9. The highest BCUT2D eigenvalue weighted by atomic mass is 16.6. The number of hydrogen-bond donors (Lipinski definition) is 6. The zero-order valence-electron chi connectivity index (χ0n) is 19.8. The van der Waals surface area contributed by atoms with E-state index in [-0.39, 0.29) is 38.1 Å². The molecule has 4 amide bonds. The Balaban J connectivity index is 0. The molecule has 0 saturated carbocycles. The molecule has 194 valence electrons. The molecule has 0 heterocycles. The van der Waals surface area contributed by atoms with E-state index in [9.17, 15) is 19.2 Å². The minimum atomic E-state index is -0.912. The Labute approximate surface area is 196 Å². The van der Waals surface area contributed by atoms with E-state index in [0.717, 1.165) is 25.7 Å². The first-order chi connectivity index (χ1) is 15.7. The van der Waals surface area contributed by atoms with Crippen LogP contribution in [0, 0.1) is 0 Å². The maximum absolute atomic E-state index is 12.4. The van der Waals surface area contributed by atoms with Crippen LogP contribution in [0.15, 0.2) is 0 Å². The third kappa shape index (κ3) is 22.3. The second-order valence-corrected chi connectivity index (χ2v) is 7.17. The van der Waals surface area contributed by atoms with Gasteiger partial charge in [-0.25, -0.2) is 9.59 Å². The van der Waals surface area contributed by atoms with Gasteiger partial charge in [-0.2, -0.15) is 0 Å². The molecule has 0 spiro atoms. The highest BCUT2D eigenvalue weighted by Gasteiger charge is 2.21. The number of nitrogens with one attached hydrogen (secondary N) is 1. The first-order valence-corrected chi connectivity index (χ1v) is 11.2. The van der Waals surface area contributed by atoms with Crippen molar-refractivity contribution < 1.29 is 28.7 Å². The number of carbonyl (C=O) groups is 4. The maximum Gasteiger partial charge on any atom is 0.410 e. The molecule has 0 bridgehead atoms. The third-order valence-corrected chi connectivity index (χ3v) is 4.22. The number of nitrogens with zero attached hydrogens (tertiary/aromatic N) is 1. The Morgan fingerprint density at radius 3 is 2.00 bits per heavy atom. The Morgan fingerprint density at radius 2 is 1.48 bits per heavy atom. The van der Waals surface area contributed by atoms with Gasteiger partial charge >= 0.3 is 12.2 Å². The van der Waals surface area contributed by atoms with Crippen LogP contribution in [0.25, 0.3) is 0 Å². The smallest absolute Gasteiger partial charge is 0.410 e. The van der Waals surface area contributed by atoms with Crippen molar-refractivity contribution in [3.63, 3.8) is 0 Å². The molecule has 11 N–H and O–H groups in total. The number of nitrogens with two attached hydrogens (primary N) is 5. The van der Waals surface area contributed by atoms with E-state index in [4.69, 9.17) is 32.4 Å². The van der Waals surface area contributed by atoms with E-state index in [0.29, 0.717) is 38.9 Å². The Hall–Kier alpha value is -2.64. The van der Waals surface area contributed by atoms with Crippen LogP contribution in [0.1, 0.15) is 51.9 Å². The fourth-order valence-corrected chi connectivity index (χ4v) is 2.46. The number of hydrogen-bond acceptors (Lipinski definition) is 9. The Kier molecular flexibility index (Phi) is 22.2. The standard InChI is InChI=1S/C17H36N6O5.C3H7NO/c18-7-3-1-5-10-23(17(26)27-11-9-20)12-15(24)22-14(6-2-4-8-19)13-28-16(21)25;1-2-3(4)5/h14H,1-13,18-20H2,(H2,21,25)(H,22,24);2H2,1H3,(H2,4,5). The predicted octanol–water partition coefficient (Wildman–Crippen LogP) is -0.896. The molecule has 0 aliphatic heterocycles. The monoisotopic (exact) mass is 477 g/mol. The second kappa shape index (κ2) is 22.6. The van der Waals surface area contributed by atoms with Gasteiger partial charge in [0.15, 0.2) is 0 Å². The summed E-state index contributed by atoms with van der Waals surface area (Å²) in [6, 6.07) is -0.411. The molecular formula is C20H43N7O6. The van der Waals surface area contributed by atoms with Gasteiger partial charge < -0.3 is 43.5 Å². The van der Waals surface area contributed by atoms with E-state index in [1.54, 1.807) is 6.92 Å². The molecule has 0 rings (SSSR count). The van der Waals surface area contributed by atoms with E-state index in [1.807, 2.05) is 0 Å². The Bertz CT molecular complexity index is 551. The molecule has 33 heavy (non-hydrogen) atoms. The number of amides is 4. The lowest BCUT2D eigenvalue weighted by molar-refractivity contribution is -0.123. The minimum Gasteiger partial charge on any atom is -0.448 e. The maximum atomic E-state index is 12.4. The van der Waals surface area contributed by atoms with Crippen LogP contribution in [0.2, 0.25) is 0 Å². The van der Waals surface area contributed by atoms with Gasteiger partial charge in [0.05, 0.1) is 6.04 Å². The zero-order chi connectivity index (χ0) is 25.5. The van der Waals surface area contributed by atoms with Crippen molar-refractivity contribution in [2.45, 2.75) is 57.9 Å². The molecule has 0 aliphatic rings. The largest absolute Gasteiger partial charge is 0.448 e. The average Bonchev–Trinajstić information content (AvgIpc) is 2.78. The minimum absolute atomic E-state index is 0.0419. The molecule has 1 atom stereocenters. The third-order valence-electron chi connectivity index (χ3n) is 4.22. The van der Waals surface area contributed by atoms with E-state index in [1.165, 1.54) is 4.90 Å². The Morgan fingerprint density at radius 1 is 0.879 bits per heavy atom. The lowest BCUT2D eigenvalue weighted by atomic mass is 10.1. The summed E-state index contributed by atoms with van der Waals surface area (Å²) in [4.78, 5) is 46.3. The van der Waals surface area contributed by atoms with Crippen molar-refractivity contribution in [2.24, 2.45) is 28.7 Å². The quantitative estimate of drug-likeness (QED) is 0.142. The van der Waals surface area contributed by atoms with Gasteiger partial charge in [0.2, 0.25) is 11.8 Å². The second-order valence-electron chi connectivity index (χ2n) is 7.17. The molecule has 13 heteroatoms. The summed E-state index contributed by atoms with van der Waals surface area (Å²) in [6.07, 6.45) is 3.42. The van der Waals surface area contributed by atoms with Crippen LogP contribution in [-0.4, -0.2) is 80.9 Å². The van der Waals surface area contributed by atoms with Crippen molar-refractivity contribution >= 4 is 24.0 Å². The van der Waals surface area contributed by atoms with Crippen molar-refractivity contribution in [3.05, 3.63) is 0 Å². The summed E-state index contributed by atoms with van der Waals surface area (Å²) in [5.74, 6) is -0.626. The van der Waals surface area contributed by atoms with E-state index in [2.05, 4.69) is 11.1 Å². The van der Waals surface area contributed by atoms with Gasteiger partial charge in [0.25, 0.3) is 0 Å². The molecule has 0 saturated heterocycles. The first-order valence-electron chi connectivity index (χ1n) is 11.2. The summed E-state index contributed by atoms with van der Waals surface area (Å²) < 4.78 is 9.83. The topological polar surface area (TPSA) is 232 Å². The van der Waals surface area contributed by atoms with Gasteiger partial charge in [-0.05, 0) is 38.8 Å². The van der Waals surface area contributed by atoms with Crippen LogP contribution >= 0.6 is 0 Å². The van der Waals surface area contributed by atoms with Gasteiger partial charge in [0.1, 0.15) is 19.8 Å². The number of unbranched alkanes of at least 4 members (excludes halogenated alkanes) is 3. The van der Waals surface area contributed by atoms with Gasteiger partial charge in [0, 0.05) is 19.5 Å². The molecule has 0 aliphatic carbocycles. The van der Waals surface area contributed by atoms with Crippen LogP contribution in [-0.2, 0) is 19.1 Å². The van der Waals surface area contributed by atoms with Gasteiger partial charge in [-0.1, -0.05) is 19.8 Å². The number of rotatable bonds is 17. The van der Waals surface area contributed by atoms with Crippen LogP contribution in [0.5, 0.6) is 0 Å². The van der Waals surface area contributed by atoms with Crippen molar-refractivity contribution in [1.82, 2.24) is 10.2 Å². The van der Waals surface area contributed by atoms with Crippen LogP contribution in [0.3, 0.4) is 0 Å². The van der Waals surface area contributed by atoms with Crippen LogP contribution < -0.4 is 34.0 Å². The number of ether oxygens (including phenoxy) is 2. The summed E-state index contributed by atoms with van der Waals surface area (Å²) in [6.45, 7) is 3.26. The molecule has 0 aromatic heterocycles.